The minimum Gasteiger partial charge on any atom is -0.394 e. The number of aromatic nitrogens is 4. The molecule has 0 bridgehead atoms. The molecule has 5 rings (SSSR count). The minimum atomic E-state index is -1.12. The van der Waals surface area contributed by atoms with Crippen LogP contribution in [0, 0.1) is 0 Å². The Morgan fingerprint density at radius 3 is 2.56 bits per heavy atom. The number of aryl methyl sites for hydroxylation is 1. The number of nitrogens with zero attached hydrogens (tertiary/aromatic N) is 5. The molecule has 2 aromatic rings. The molecule has 0 aromatic carbocycles. The van der Waals surface area contributed by atoms with Gasteiger partial charge < -0.3 is 15.3 Å². The topological polar surface area (TPSA) is 104 Å². The van der Waals surface area contributed by atoms with Crippen LogP contribution in [0.1, 0.15) is 62.4 Å². The highest BCUT2D eigenvalue weighted by Crippen LogP contribution is 2.38. The molecule has 0 radical (unpaired) electrons. The summed E-state index contributed by atoms with van der Waals surface area (Å²) in [6, 6.07) is 0. The van der Waals surface area contributed by atoms with Gasteiger partial charge in [-0.25, -0.2) is 15.0 Å². The average molecular weight is 477 g/mol. The summed E-state index contributed by atoms with van der Waals surface area (Å²) in [4.78, 5) is 21.5. The van der Waals surface area contributed by atoms with Gasteiger partial charge in [0.2, 0.25) is 5.95 Å². The van der Waals surface area contributed by atoms with Gasteiger partial charge in [0.05, 0.1) is 33.7 Å². The summed E-state index contributed by atoms with van der Waals surface area (Å²) in [5.74, 6) is 3.12. The number of aliphatic hydroxyl groups excluding tert-OH is 1. The van der Waals surface area contributed by atoms with E-state index < -0.39 is 10.8 Å². The minimum absolute atomic E-state index is 0.0558. The molecule has 0 amide bonds. The Morgan fingerprint density at radius 2 is 1.91 bits per heavy atom. The van der Waals surface area contributed by atoms with Crippen LogP contribution in [0.15, 0.2) is 17.3 Å². The number of nitrogens with one attached hydrogen (secondary N) is 1. The van der Waals surface area contributed by atoms with Gasteiger partial charge >= 0.3 is 0 Å². The van der Waals surface area contributed by atoms with Crippen molar-refractivity contribution in [2.45, 2.75) is 67.7 Å². The fourth-order valence-corrected chi connectivity index (χ4v) is 6.29. The van der Waals surface area contributed by atoms with Gasteiger partial charge in [0.25, 0.3) is 0 Å². The number of rotatable bonds is 5. The van der Waals surface area contributed by atoms with Gasteiger partial charge in [-0.05, 0) is 51.4 Å². The molecule has 1 atom stereocenters. The predicted octanol–water partition coefficient (Wildman–Crippen LogP) is 3.07. The first-order valence-electron chi connectivity index (χ1n) is 11.5. The number of piperidine rings is 1. The highest BCUT2D eigenvalue weighted by Gasteiger charge is 2.38. The molecule has 2 fully saturated rings. The molecule has 1 saturated heterocycles. The number of anilines is 2. The lowest BCUT2D eigenvalue weighted by Crippen LogP contribution is -2.49. The predicted molar refractivity (Wildman–Crippen MR) is 125 cm³/mol. The van der Waals surface area contributed by atoms with Gasteiger partial charge in [-0.2, -0.15) is 4.98 Å². The van der Waals surface area contributed by atoms with Gasteiger partial charge in [0, 0.05) is 37.2 Å². The molecule has 2 aliphatic heterocycles. The van der Waals surface area contributed by atoms with E-state index in [1.54, 1.807) is 12.4 Å². The average Bonchev–Trinajstić information content (AvgIpc) is 2.98. The van der Waals surface area contributed by atoms with Crippen molar-refractivity contribution in [2.75, 3.05) is 35.7 Å². The quantitative estimate of drug-likeness (QED) is 0.678. The largest absolute Gasteiger partial charge is 0.394 e. The zero-order chi connectivity index (χ0) is 22.1. The Morgan fingerprint density at radius 1 is 1.16 bits per heavy atom. The molecule has 2 aromatic heterocycles. The van der Waals surface area contributed by atoms with E-state index in [9.17, 15) is 9.32 Å². The second-order valence-electron chi connectivity index (χ2n) is 9.09. The summed E-state index contributed by atoms with van der Waals surface area (Å²) >= 11 is 5.93. The molecule has 4 heterocycles. The first kappa shape index (κ1) is 22.0. The second-order valence-corrected chi connectivity index (χ2v) is 11.0. The van der Waals surface area contributed by atoms with Crippen molar-refractivity contribution in [1.82, 2.24) is 19.9 Å². The van der Waals surface area contributed by atoms with Crippen LogP contribution in [0.5, 0.6) is 0 Å². The van der Waals surface area contributed by atoms with E-state index in [0.29, 0.717) is 28.5 Å². The van der Waals surface area contributed by atoms with Crippen molar-refractivity contribution in [2.24, 2.45) is 0 Å². The number of hydrogen-bond acceptors (Lipinski definition) is 8. The lowest BCUT2D eigenvalue weighted by molar-refractivity contribution is 0.143. The Hall–Kier alpha value is -1.84. The molecule has 2 N–H and O–H groups in total. The van der Waals surface area contributed by atoms with Crippen molar-refractivity contribution < 1.29 is 9.32 Å². The van der Waals surface area contributed by atoms with Crippen LogP contribution in [-0.4, -0.2) is 60.2 Å². The van der Waals surface area contributed by atoms with Crippen LogP contribution in [0.4, 0.5) is 11.8 Å². The fraction of sp³-hybridized carbons (Fsp3) is 0.636. The van der Waals surface area contributed by atoms with Crippen LogP contribution in [-0.2, 0) is 17.2 Å². The Bertz CT molecular complexity index is 987. The van der Waals surface area contributed by atoms with Crippen LogP contribution in [0.2, 0.25) is 5.02 Å². The molecule has 1 aliphatic carbocycles. The molecule has 3 aliphatic rings. The van der Waals surface area contributed by atoms with Gasteiger partial charge in [0.1, 0.15) is 16.5 Å². The molecule has 32 heavy (non-hydrogen) atoms. The van der Waals surface area contributed by atoms with Crippen LogP contribution in [0.25, 0.3) is 0 Å². The third-order valence-corrected chi connectivity index (χ3v) is 8.66. The smallest absolute Gasteiger partial charge is 0.227 e. The lowest BCUT2D eigenvalue weighted by Gasteiger charge is -2.42. The maximum atomic E-state index is 13.0. The van der Waals surface area contributed by atoms with Crippen molar-refractivity contribution >= 4 is 34.2 Å². The summed E-state index contributed by atoms with van der Waals surface area (Å²) in [7, 11) is -1.12. The van der Waals surface area contributed by atoms with E-state index in [1.807, 2.05) is 0 Å². The van der Waals surface area contributed by atoms with Crippen LogP contribution < -0.4 is 10.2 Å². The van der Waals surface area contributed by atoms with E-state index in [2.05, 4.69) is 20.2 Å². The normalized spacial score (nSPS) is 23.2. The summed E-state index contributed by atoms with van der Waals surface area (Å²) < 4.78 is 13.0. The third-order valence-electron chi connectivity index (χ3n) is 6.93. The van der Waals surface area contributed by atoms with E-state index in [1.165, 1.54) is 0 Å². The monoisotopic (exact) mass is 476 g/mol. The van der Waals surface area contributed by atoms with Crippen molar-refractivity contribution in [1.29, 1.82) is 0 Å². The van der Waals surface area contributed by atoms with E-state index in [0.717, 1.165) is 80.9 Å². The first-order chi connectivity index (χ1) is 15.6. The third kappa shape index (κ3) is 4.34. The standard InChI is InChI=1S/C22H29ClN6O2S/c23-16-12-24-19(25-13-16)15-5-9-29(10-6-15)21-26-17-4-1-2-11-32(31)18(17)20(27-21)28-22(14-30)7-3-8-22/h12-13,15,30H,1-11,14H2,(H,26,27,28)/t32-/m1/s1. The highest BCUT2D eigenvalue weighted by molar-refractivity contribution is 7.85. The van der Waals surface area contributed by atoms with Gasteiger partial charge in [-0.15, -0.1) is 0 Å². The van der Waals surface area contributed by atoms with Gasteiger partial charge in [-0.3, -0.25) is 4.21 Å². The maximum Gasteiger partial charge on any atom is 0.227 e. The number of fused-ring (bicyclic) bond motifs is 1. The Labute approximate surface area is 195 Å². The zero-order valence-corrected chi connectivity index (χ0v) is 19.7. The zero-order valence-electron chi connectivity index (χ0n) is 18.1. The summed E-state index contributed by atoms with van der Waals surface area (Å²) in [5, 5.41) is 14.0. The van der Waals surface area contributed by atoms with E-state index in [-0.39, 0.29) is 12.1 Å². The molecular formula is C22H29ClN6O2S. The number of hydrogen-bond donors (Lipinski definition) is 2. The number of aliphatic hydroxyl groups is 1. The summed E-state index contributed by atoms with van der Waals surface area (Å²) in [6.07, 6.45) is 10.7. The molecule has 0 spiro atoms. The Kier molecular flexibility index (Phi) is 6.31. The maximum absolute atomic E-state index is 13.0. The van der Waals surface area contributed by atoms with Crippen molar-refractivity contribution in [3.8, 4) is 0 Å². The Balaban J connectivity index is 1.40. The van der Waals surface area contributed by atoms with E-state index >= 15 is 0 Å². The summed E-state index contributed by atoms with van der Waals surface area (Å²) in [6.45, 7) is 1.67. The molecule has 10 heteroatoms. The number of halogens is 1. The molecule has 172 valence electrons. The first-order valence-corrected chi connectivity index (χ1v) is 13.2. The van der Waals surface area contributed by atoms with E-state index in [4.69, 9.17) is 21.6 Å². The van der Waals surface area contributed by atoms with Gasteiger partial charge in [-0.1, -0.05) is 11.6 Å². The second kappa shape index (κ2) is 9.19. The molecule has 0 unspecified atom stereocenters. The molecule has 1 saturated carbocycles. The fourth-order valence-electron chi connectivity index (χ4n) is 4.79. The van der Waals surface area contributed by atoms with Crippen LogP contribution >= 0.6 is 11.6 Å². The lowest BCUT2D eigenvalue weighted by atomic mass is 9.77. The van der Waals surface area contributed by atoms with Crippen molar-refractivity contribution in [3.63, 3.8) is 0 Å². The molecule has 8 nitrogen and oxygen atoms in total. The van der Waals surface area contributed by atoms with Crippen molar-refractivity contribution in [3.05, 3.63) is 28.9 Å². The molecular weight excluding hydrogens is 448 g/mol. The van der Waals surface area contributed by atoms with Crippen LogP contribution in [0.3, 0.4) is 0 Å². The van der Waals surface area contributed by atoms with Gasteiger partial charge in [0.15, 0.2) is 0 Å². The summed E-state index contributed by atoms with van der Waals surface area (Å²) in [5.41, 5.74) is 0.540. The highest BCUT2D eigenvalue weighted by atomic mass is 35.5. The SMILES string of the molecule is O=[S@@]1CCCCc2nc(N3CCC(c4ncc(Cl)cn4)CC3)nc(NC3(CO)CCC3)c21.